The Balaban J connectivity index is 3.02. The Morgan fingerprint density at radius 1 is 1.40 bits per heavy atom. The van der Waals surface area contributed by atoms with Gasteiger partial charge in [-0.1, -0.05) is 0 Å². The summed E-state index contributed by atoms with van der Waals surface area (Å²) < 4.78 is 0. The third-order valence-corrected chi connectivity index (χ3v) is 1.42. The summed E-state index contributed by atoms with van der Waals surface area (Å²) in [6, 6.07) is 0. The van der Waals surface area contributed by atoms with E-state index in [9.17, 15) is 0 Å². The van der Waals surface area contributed by atoms with E-state index in [0.29, 0.717) is 0 Å². The lowest BCUT2D eigenvalue weighted by molar-refractivity contribution is 1.06. The van der Waals surface area contributed by atoms with Crippen LogP contribution in [-0.4, -0.2) is 38.0 Å². The van der Waals surface area contributed by atoms with Crippen molar-refractivity contribution in [3.8, 4) is 0 Å². The van der Waals surface area contributed by atoms with Crippen molar-refractivity contribution in [3.05, 3.63) is 0 Å². The average molecular weight is 158 g/mol. The van der Waals surface area contributed by atoms with Crippen molar-refractivity contribution in [1.29, 1.82) is 0 Å². The highest BCUT2D eigenvalue weighted by Gasteiger charge is 1.75. The molecule has 0 amide bonds. The first-order valence-electron chi connectivity index (χ1n) is 3.29. The molecule has 3 heteroatoms. The molecule has 0 saturated carbocycles. The molecule has 0 rings (SSSR count). The fourth-order valence-electron chi connectivity index (χ4n) is 0.480. The van der Waals surface area contributed by atoms with Gasteiger partial charge in [-0.15, -0.1) is 0 Å². The molecule has 10 heavy (non-hydrogen) atoms. The van der Waals surface area contributed by atoms with E-state index >= 15 is 0 Å². The second-order valence-corrected chi connectivity index (χ2v) is 2.68. The number of hydrogen-bond acceptors (Lipinski definition) is 3. The van der Waals surface area contributed by atoms with E-state index in [1.807, 2.05) is 12.4 Å². The number of aliphatic imine (C=N–C) groups is 2. The molecule has 0 fully saturated rings. The van der Waals surface area contributed by atoms with Gasteiger partial charge >= 0.3 is 0 Å². The first-order valence-corrected chi connectivity index (χ1v) is 4.69. The van der Waals surface area contributed by atoms with Crippen molar-refractivity contribution in [2.24, 2.45) is 9.98 Å². The van der Waals surface area contributed by atoms with Gasteiger partial charge in [-0.3, -0.25) is 4.99 Å². The average Bonchev–Trinajstić information content (AvgIpc) is 1.97. The van der Waals surface area contributed by atoms with Gasteiger partial charge in [0.15, 0.2) is 0 Å². The molecule has 2 nitrogen and oxygen atoms in total. The molecule has 0 spiro atoms. The molecule has 0 N–H and O–H groups in total. The van der Waals surface area contributed by atoms with Crippen molar-refractivity contribution >= 4 is 24.2 Å². The summed E-state index contributed by atoms with van der Waals surface area (Å²) in [7, 11) is 1.78. The molecule has 0 heterocycles. The van der Waals surface area contributed by atoms with Crippen LogP contribution in [-0.2, 0) is 0 Å². The molecule has 0 aromatic rings. The molecule has 0 aromatic heterocycles. The molecule has 0 bridgehead atoms. The lowest BCUT2D eigenvalue weighted by Gasteiger charge is -1.85. The Hall–Kier alpha value is -0.310. The Labute approximate surface area is 66.8 Å². The summed E-state index contributed by atoms with van der Waals surface area (Å²) >= 11 is 1.78. The lowest BCUT2D eigenvalue weighted by Crippen LogP contribution is -1.84. The fraction of sp³-hybridized carbons (Fsp3) is 0.714. The van der Waals surface area contributed by atoms with Gasteiger partial charge < -0.3 is 4.99 Å². The van der Waals surface area contributed by atoms with Crippen molar-refractivity contribution in [1.82, 2.24) is 0 Å². The van der Waals surface area contributed by atoms with E-state index in [1.54, 1.807) is 18.8 Å². The maximum Gasteiger partial charge on any atom is 0.0435 e. The van der Waals surface area contributed by atoms with Crippen LogP contribution < -0.4 is 0 Å². The standard InChI is InChI=1S/C7H14N2S/c1-8-4-3-5-9-6-7-10-2/h4,6H,3,5,7H2,1-2H3. The largest absolute Gasteiger partial charge is 0.301 e. The molecule has 58 valence electrons. The van der Waals surface area contributed by atoms with Crippen LogP contribution in [0.4, 0.5) is 0 Å². The smallest absolute Gasteiger partial charge is 0.0435 e. The topological polar surface area (TPSA) is 24.7 Å². The first-order chi connectivity index (χ1) is 4.91. The van der Waals surface area contributed by atoms with E-state index in [2.05, 4.69) is 16.2 Å². The monoisotopic (exact) mass is 158 g/mol. The maximum absolute atomic E-state index is 4.16. The zero-order valence-electron chi connectivity index (χ0n) is 6.58. The minimum Gasteiger partial charge on any atom is -0.301 e. The Morgan fingerprint density at radius 3 is 2.80 bits per heavy atom. The van der Waals surface area contributed by atoms with Gasteiger partial charge in [-0.05, 0) is 6.26 Å². The molecule has 0 aliphatic carbocycles. The number of nitrogens with zero attached hydrogens (tertiary/aromatic N) is 2. The minimum absolute atomic E-state index is 0.873. The van der Waals surface area contributed by atoms with Crippen LogP contribution in [0.3, 0.4) is 0 Å². The van der Waals surface area contributed by atoms with Crippen LogP contribution in [0.2, 0.25) is 0 Å². The summed E-state index contributed by atoms with van der Waals surface area (Å²) in [5.74, 6) is 1.02. The van der Waals surface area contributed by atoms with Gasteiger partial charge in [0.2, 0.25) is 0 Å². The van der Waals surface area contributed by atoms with E-state index in [0.717, 1.165) is 18.7 Å². The number of thioether (sulfide) groups is 1. The second kappa shape index (κ2) is 8.69. The van der Waals surface area contributed by atoms with Crippen LogP contribution in [0.25, 0.3) is 0 Å². The molecular weight excluding hydrogens is 144 g/mol. The van der Waals surface area contributed by atoms with Gasteiger partial charge in [0.25, 0.3) is 0 Å². The predicted molar refractivity (Wildman–Crippen MR) is 50.8 cm³/mol. The van der Waals surface area contributed by atoms with Gasteiger partial charge in [0.05, 0.1) is 0 Å². The summed E-state index contributed by atoms with van der Waals surface area (Å²) in [6.07, 6.45) is 6.87. The molecule has 0 aliphatic heterocycles. The number of rotatable bonds is 5. The molecule has 0 aromatic carbocycles. The molecule has 0 aliphatic rings. The molecular formula is C7H14N2S. The summed E-state index contributed by atoms with van der Waals surface area (Å²) in [5.41, 5.74) is 0. The fourth-order valence-corrected chi connectivity index (χ4v) is 0.734. The van der Waals surface area contributed by atoms with E-state index in [1.165, 1.54) is 0 Å². The van der Waals surface area contributed by atoms with Crippen LogP contribution in [0.5, 0.6) is 0 Å². The van der Waals surface area contributed by atoms with Crippen molar-refractivity contribution in [2.45, 2.75) is 6.42 Å². The van der Waals surface area contributed by atoms with Gasteiger partial charge in [0, 0.05) is 38.2 Å². The third-order valence-electron chi connectivity index (χ3n) is 0.940. The minimum atomic E-state index is 0.873. The second-order valence-electron chi connectivity index (χ2n) is 1.77. The van der Waals surface area contributed by atoms with E-state index in [-0.39, 0.29) is 0 Å². The maximum atomic E-state index is 4.16. The normalized spacial score (nSPS) is 11.8. The molecule has 0 radical (unpaired) electrons. The van der Waals surface area contributed by atoms with Crippen LogP contribution in [0.15, 0.2) is 9.98 Å². The molecule has 0 saturated heterocycles. The predicted octanol–water partition coefficient (Wildman–Crippen LogP) is 1.51. The summed E-state index contributed by atoms with van der Waals surface area (Å²) in [4.78, 5) is 8.01. The van der Waals surface area contributed by atoms with Crippen molar-refractivity contribution in [2.75, 3.05) is 25.6 Å². The zero-order valence-corrected chi connectivity index (χ0v) is 7.40. The Kier molecular flexibility index (Phi) is 8.42. The lowest BCUT2D eigenvalue weighted by atomic mass is 10.5. The molecule has 0 atom stereocenters. The Bertz CT molecular complexity index is 110. The van der Waals surface area contributed by atoms with Gasteiger partial charge in [-0.2, -0.15) is 11.8 Å². The summed E-state index contributed by atoms with van der Waals surface area (Å²) in [6.45, 7) is 0.873. The van der Waals surface area contributed by atoms with Crippen LogP contribution >= 0.6 is 11.8 Å². The van der Waals surface area contributed by atoms with Crippen LogP contribution in [0.1, 0.15) is 6.42 Å². The van der Waals surface area contributed by atoms with Crippen molar-refractivity contribution in [3.63, 3.8) is 0 Å². The highest BCUT2D eigenvalue weighted by Crippen LogP contribution is 1.86. The van der Waals surface area contributed by atoms with Crippen molar-refractivity contribution < 1.29 is 0 Å². The highest BCUT2D eigenvalue weighted by atomic mass is 32.2. The SMILES string of the molecule is CN=CCCN=CCSC. The third kappa shape index (κ3) is 7.69. The highest BCUT2D eigenvalue weighted by molar-refractivity contribution is 7.99. The van der Waals surface area contributed by atoms with Gasteiger partial charge in [0.1, 0.15) is 0 Å². The first kappa shape index (κ1) is 9.69. The zero-order chi connectivity index (χ0) is 7.66. The van der Waals surface area contributed by atoms with Gasteiger partial charge in [-0.25, -0.2) is 0 Å². The Morgan fingerprint density at radius 2 is 2.20 bits per heavy atom. The van der Waals surface area contributed by atoms with E-state index < -0.39 is 0 Å². The van der Waals surface area contributed by atoms with E-state index in [4.69, 9.17) is 0 Å². The van der Waals surface area contributed by atoms with Crippen LogP contribution in [0, 0.1) is 0 Å². The summed E-state index contributed by atoms with van der Waals surface area (Å²) in [5, 5.41) is 0. The molecule has 0 unspecified atom stereocenters. The number of hydrogen-bond donors (Lipinski definition) is 0. The quantitative estimate of drug-likeness (QED) is 0.439.